The number of alkyl halides is 3. The van der Waals surface area contributed by atoms with Crippen molar-refractivity contribution in [2.75, 3.05) is 38.6 Å². The molecule has 3 atom stereocenters. The lowest BCUT2D eigenvalue weighted by atomic mass is 9.72. The fraction of sp³-hybridized carbons (Fsp3) is 0.720. The highest BCUT2D eigenvalue weighted by Crippen LogP contribution is 2.42. The van der Waals surface area contributed by atoms with Gasteiger partial charge in [0.1, 0.15) is 5.82 Å². The highest BCUT2D eigenvalue weighted by Gasteiger charge is 2.63. The van der Waals surface area contributed by atoms with Crippen LogP contribution < -0.4 is 10.2 Å². The standard InChI is InChI=1S/C25H37F3N4O3/c1-15(2)24(35,25(26,27)28)22(33)20-14-18(17-8-11-29-12-9-17)10-13-32(20)21-7-6-19(16(3)30-21)23(34)31(4)5/h6-7,15,17-18,20,29,35H,8-14H2,1-5H3/t18?,20-,24?/m1/s1. The second-order valence-corrected chi connectivity index (χ2v) is 10.4. The fourth-order valence-corrected chi connectivity index (χ4v) is 5.44. The van der Waals surface area contributed by atoms with Crippen LogP contribution in [0.5, 0.6) is 0 Å². The predicted molar refractivity (Wildman–Crippen MR) is 127 cm³/mol. The summed E-state index contributed by atoms with van der Waals surface area (Å²) in [4.78, 5) is 33.5. The number of nitrogens with one attached hydrogen (secondary N) is 1. The molecule has 1 aromatic rings. The van der Waals surface area contributed by atoms with E-state index in [4.69, 9.17) is 0 Å². The average molecular weight is 499 g/mol. The van der Waals surface area contributed by atoms with Crippen molar-refractivity contribution in [3.63, 3.8) is 0 Å². The number of amides is 1. The van der Waals surface area contributed by atoms with Gasteiger partial charge in [-0.1, -0.05) is 13.8 Å². The predicted octanol–water partition coefficient (Wildman–Crippen LogP) is 3.19. The number of Topliss-reactive ketones (excluding diaryl/α,β-unsaturated/α-hetero) is 1. The van der Waals surface area contributed by atoms with Gasteiger partial charge in [0.05, 0.1) is 17.3 Å². The quantitative estimate of drug-likeness (QED) is 0.627. The number of hydrogen-bond acceptors (Lipinski definition) is 6. The lowest BCUT2D eigenvalue weighted by Crippen LogP contribution is -2.64. The third-order valence-corrected chi connectivity index (χ3v) is 7.64. The van der Waals surface area contributed by atoms with Gasteiger partial charge in [0.25, 0.3) is 5.91 Å². The van der Waals surface area contributed by atoms with Crippen LogP contribution in [0.3, 0.4) is 0 Å². The summed E-state index contributed by atoms with van der Waals surface area (Å²) in [6.45, 7) is 6.15. The molecule has 35 heavy (non-hydrogen) atoms. The number of aryl methyl sites for hydroxylation is 1. The number of pyridine rings is 1. The van der Waals surface area contributed by atoms with Crippen LogP contribution in [0.2, 0.25) is 0 Å². The van der Waals surface area contributed by atoms with Gasteiger partial charge in [-0.2, -0.15) is 13.2 Å². The Hall–Kier alpha value is -2.20. The fourth-order valence-electron chi connectivity index (χ4n) is 5.44. The highest BCUT2D eigenvalue weighted by molar-refractivity contribution is 5.96. The molecule has 0 radical (unpaired) electrons. The lowest BCUT2D eigenvalue weighted by Gasteiger charge is -2.46. The number of carbonyl (C=O) groups is 2. The molecule has 10 heteroatoms. The molecular formula is C25H37F3N4O3. The monoisotopic (exact) mass is 498 g/mol. The van der Waals surface area contributed by atoms with Crippen molar-refractivity contribution in [1.29, 1.82) is 0 Å². The zero-order chi connectivity index (χ0) is 26.1. The number of halogens is 3. The first kappa shape index (κ1) is 27.4. The smallest absolute Gasteiger partial charge is 0.374 e. The van der Waals surface area contributed by atoms with Gasteiger partial charge in [-0.15, -0.1) is 0 Å². The van der Waals surface area contributed by atoms with Crippen LogP contribution in [0.15, 0.2) is 12.1 Å². The van der Waals surface area contributed by atoms with Crippen LogP contribution in [0.4, 0.5) is 19.0 Å². The number of rotatable bonds is 6. The molecule has 1 amide bonds. The van der Waals surface area contributed by atoms with E-state index in [9.17, 15) is 27.9 Å². The van der Waals surface area contributed by atoms with Crippen molar-refractivity contribution in [1.82, 2.24) is 15.2 Å². The van der Waals surface area contributed by atoms with Crippen molar-refractivity contribution in [2.45, 2.75) is 64.3 Å². The number of piperidine rings is 2. The molecule has 0 bridgehead atoms. The molecule has 0 aliphatic carbocycles. The maximum absolute atomic E-state index is 14.1. The number of carbonyl (C=O) groups excluding carboxylic acids is 2. The zero-order valence-electron chi connectivity index (χ0n) is 21.2. The number of aliphatic hydroxyl groups is 1. The van der Waals surface area contributed by atoms with E-state index in [1.54, 1.807) is 38.1 Å². The van der Waals surface area contributed by atoms with E-state index < -0.39 is 29.5 Å². The molecule has 7 nitrogen and oxygen atoms in total. The topological polar surface area (TPSA) is 85.8 Å². The molecule has 3 rings (SSSR count). The van der Waals surface area contributed by atoms with Gasteiger partial charge in [-0.25, -0.2) is 4.98 Å². The van der Waals surface area contributed by atoms with Crippen molar-refractivity contribution >= 4 is 17.5 Å². The average Bonchev–Trinajstić information content (AvgIpc) is 2.81. The highest BCUT2D eigenvalue weighted by atomic mass is 19.4. The number of aromatic nitrogens is 1. The van der Waals surface area contributed by atoms with E-state index in [0.29, 0.717) is 29.5 Å². The molecular weight excluding hydrogens is 461 g/mol. The third kappa shape index (κ3) is 5.33. The molecule has 196 valence electrons. The Morgan fingerprint density at radius 3 is 2.29 bits per heavy atom. The molecule has 3 heterocycles. The molecule has 1 aromatic heterocycles. The van der Waals surface area contributed by atoms with Crippen LogP contribution in [0, 0.1) is 24.7 Å². The second kappa shape index (κ2) is 10.4. The van der Waals surface area contributed by atoms with Gasteiger partial charge in [-0.3, -0.25) is 9.59 Å². The number of ketones is 1. The Balaban J connectivity index is 2.00. The summed E-state index contributed by atoms with van der Waals surface area (Å²) in [6, 6.07) is 2.01. The van der Waals surface area contributed by atoms with E-state index in [0.717, 1.165) is 32.4 Å². The SMILES string of the molecule is Cc1nc(N2CCC(C3CCNCC3)C[C@@H]2C(=O)C(O)(C(C)C)C(F)(F)F)ccc1C(=O)N(C)C. The molecule has 2 fully saturated rings. The molecule has 0 saturated carbocycles. The summed E-state index contributed by atoms with van der Waals surface area (Å²) in [5.41, 5.74) is -2.63. The van der Waals surface area contributed by atoms with Crippen molar-refractivity contribution in [3.05, 3.63) is 23.4 Å². The van der Waals surface area contributed by atoms with Gasteiger partial charge in [-0.05, 0) is 75.6 Å². The Bertz CT molecular complexity index is 931. The minimum absolute atomic E-state index is 0.0858. The Kier molecular flexibility index (Phi) is 8.16. The summed E-state index contributed by atoms with van der Waals surface area (Å²) in [6.07, 6.45) is -2.32. The van der Waals surface area contributed by atoms with E-state index in [-0.39, 0.29) is 18.2 Å². The number of nitrogens with zero attached hydrogens (tertiary/aromatic N) is 3. The molecule has 0 aromatic carbocycles. The van der Waals surface area contributed by atoms with Crippen LogP contribution in [0.1, 0.15) is 55.6 Å². The number of hydrogen-bond donors (Lipinski definition) is 2. The summed E-state index contributed by atoms with van der Waals surface area (Å²) in [5.74, 6) is -2.06. The minimum atomic E-state index is -5.10. The first-order valence-electron chi connectivity index (χ1n) is 12.3. The summed E-state index contributed by atoms with van der Waals surface area (Å²) in [5, 5.41) is 14.1. The van der Waals surface area contributed by atoms with E-state index in [1.807, 2.05) is 0 Å². The largest absolute Gasteiger partial charge is 0.424 e. The molecule has 2 aliphatic heterocycles. The van der Waals surface area contributed by atoms with E-state index in [2.05, 4.69) is 10.3 Å². The van der Waals surface area contributed by atoms with Crippen LogP contribution in [-0.2, 0) is 4.79 Å². The second-order valence-electron chi connectivity index (χ2n) is 10.4. The number of anilines is 1. The normalized spacial score (nSPS) is 23.8. The van der Waals surface area contributed by atoms with Gasteiger partial charge < -0.3 is 20.2 Å². The van der Waals surface area contributed by atoms with Crippen molar-refractivity contribution in [3.8, 4) is 0 Å². The Morgan fingerprint density at radius 1 is 1.14 bits per heavy atom. The summed E-state index contributed by atoms with van der Waals surface area (Å²) >= 11 is 0. The van der Waals surface area contributed by atoms with Gasteiger partial charge in [0.15, 0.2) is 5.78 Å². The third-order valence-electron chi connectivity index (χ3n) is 7.64. The summed E-state index contributed by atoms with van der Waals surface area (Å²) in [7, 11) is 3.25. The van der Waals surface area contributed by atoms with Gasteiger partial charge in [0, 0.05) is 20.6 Å². The van der Waals surface area contributed by atoms with Crippen LogP contribution in [-0.4, -0.2) is 78.2 Å². The lowest BCUT2D eigenvalue weighted by molar-refractivity contribution is -0.264. The molecule has 2 aliphatic rings. The maximum Gasteiger partial charge on any atom is 0.424 e. The molecule has 2 N–H and O–H groups in total. The Labute approximate surface area is 205 Å². The maximum atomic E-state index is 14.1. The molecule has 0 spiro atoms. The zero-order valence-corrected chi connectivity index (χ0v) is 21.2. The summed E-state index contributed by atoms with van der Waals surface area (Å²) < 4.78 is 42.2. The van der Waals surface area contributed by atoms with Crippen molar-refractivity contribution < 1.29 is 27.9 Å². The van der Waals surface area contributed by atoms with Crippen LogP contribution in [0.25, 0.3) is 0 Å². The molecule has 2 saturated heterocycles. The van der Waals surface area contributed by atoms with Gasteiger partial charge >= 0.3 is 6.18 Å². The van der Waals surface area contributed by atoms with E-state index in [1.165, 1.54) is 18.7 Å². The van der Waals surface area contributed by atoms with E-state index >= 15 is 0 Å². The van der Waals surface area contributed by atoms with Gasteiger partial charge in [0.2, 0.25) is 5.60 Å². The first-order chi connectivity index (χ1) is 16.3. The van der Waals surface area contributed by atoms with Crippen LogP contribution >= 0.6 is 0 Å². The first-order valence-corrected chi connectivity index (χ1v) is 12.3. The minimum Gasteiger partial charge on any atom is -0.374 e. The molecule has 2 unspecified atom stereocenters. The Morgan fingerprint density at radius 2 is 1.77 bits per heavy atom. The van der Waals surface area contributed by atoms with Crippen molar-refractivity contribution in [2.24, 2.45) is 17.8 Å².